The summed E-state index contributed by atoms with van der Waals surface area (Å²) < 4.78 is 0. The molecule has 0 aromatic carbocycles. The van der Waals surface area contributed by atoms with Crippen molar-refractivity contribution in [1.29, 1.82) is 0 Å². The lowest BCUT2D eigenvalue weighted by Gasteiger charge is -1.98. The Morgan fingerprint density at radius 1 is 1.46 bits per heavy atom. The molecule has 1 rings (SSSR count). The van der Waals surface area contributed by atoms with Crippen molar-refractivity contribution in [2.75, 3.05) is 0 Å². The molecule has 2 N–H and O–H groups in total. The number of halogens is 2. The topological polar surface area (TPSA) is 38.9 Å². The molecule has 0 fully saturated rings. The zero-order valence-electron chi connectivity index (χ0n) is 7.82. The van der Waals surface area contributed by atoms with Gasteiger partial charge in [-0.3, -0.25) is 0 Å². The van der Waals surface area contributed by atoms with Crippen LogP contribution < -0.4 is 5.73 Å². The fourth-order valence-electron chi connectivity index (χ4n) is 0.886. The van der Waals surface area contributed by atoms with Crippen molar-refractivity contribution >= 4 is 36.2 Å². The summed E-state index contributed by atoms with van der Waals surface area (Å²) in [7, 11) is 0. The molecule has 1 aromatic heterocycles. The largest absolute Gasteiger partial charge is 0.325 e. The Labute approximate surface area is 95.8 Å². The fraction of sp³-hybridized carbons (Fsp3) is 0.625. The van der Waals surface area contributed by atoms with Crippen LogP contribution in [0.4, 0.5) is 0 Å². The van der Waals surface area contributed by atoms with E-state index in [1.54, 1.807) is 11.3 Å². The smallest absolute Gasteiger partial charge is 0.0931 e. The molecule has 0 saturated carbocycles. The van der Waals surface area contributed by atoms with E-state index in [0.29, 0.717) is 12.5 Å². The first-order chi connectivity index (χ1) is 5.22. The second kappa shape index (κ2) is 7.56. The summed E-state index contributed by atoms with van der Waals surface area (Å²) in [4.78, 5) is 4.36. The van der Waals surface area contributed by atoms with Gasteiger partial charge in [0.05, 0.1) is 10.7 Å². The van der Waals surface area contributed by atoms with Crippen molar-refractivity contribution in [3.8, 4) is 0 Å². The standard InChI is InChI=1S/C8H14N2S.2ClH/c1-6(2)3-8-10-7(4-9)5-11-8;;/h5-6H,3-4,9H2,1-2H3;2*1H. The molecule has 0 bridgehead atoms. The van der Waals surface area contributed by atoms with E-state index in [0.717, 1.165) is 12.1 Å². The first-order valence-corrected chi connectivity index (χ1v) is 4.73. The predicted octanol–water partition coefficient (Wildman–Crippen LogP) is 2.64. The minimum atomic E-state index is 0. The third kappa shape index (κ3) is 5.47. The van der Waals surface area contributed by atoms with E-state index >= 15 is 0 Å². The van der Waals surface area contributed by atoms with Gasteiger partial charge in [-0.25, -0.2) is 4.98 Å². The molecule has 0 unspecified atom stereocenters. The highest BCUT2D eigenvalue weighted by atomic mass is 35.5. The third-order valence-electron chi connectivity index (χ3n) is 1.39. The normalized spacial score (nSPS) is 9.23. The lowest BCUT2D eigenvalue weighted by molar-refractivity contribution is 0.643. The highest BCUT2D eigenvalue weighted by molar-refractivity contribution is 7.09. The molecular formula is C8H16Cl2N2S. The number of nitrogens with zero attached hydrogens (tertiary/aromatic N) is 1. The van der Waals surface area contributed by atoms with Gasteiger partial charge in [0, 0.05) is 18.3 Å². The maximum Gasteiger partial charge on any atom is 0.0931 e. The number of hydrogen-bond acceptors (Lipinski definition) is 3. The quantitative estimate of drug-likeness (QED) is 0.886. The van der Waals surface area contributed by atoms with Gasteiger partial charge in [0.15, 0.2) is 0 Å². The molecule has 5 heteroatoms. The van der Waals surface area contributed by atoms with Crippen LogP contribution in [0.1, 0.15) is 24.5 Å². The zero-order chi connectivity index (χ0) is 8.27. The maximum absolute atomic E-state index is 5.44. The molecule has 0 atom stereocenters. The lowest BCUT2D eigenvalue weighted by atomic mass is 10.1. The first-order valence-electron chi connectivity index (χ1n) is 3.85. The van der Waals surface area contributed by atoms with Crippen LogP contribution in [0.15, 0.2) is 5.38 Å². The van der Waals surface area contributed by atoms with Crippen molar-refractivity contribution in [3.05, 3.63) is 16.1 Å². The molecule has 1 aromatic rings. The van der Waals surface area contributed by atoms with Crippen LogP contribution in [-0.4, -0.2) is 4.98 Å². The predicted molar refractivity (Wildman–Crippen MR) is 63.0 cm³/mol. The molecule has 0 aliphatic carbocycles. The van der Waals surface area contributed by atoms with Gasteiger partial charge >= 0.3 is 0 Å². The molecule has 0 aliphatic heterocycles. The number of hydrogen-bond donors (Lipinski definition) is 1. The monoisotopic (exact) mass is 242 g/mol. The van der Waals surface area contributed by atoms with E-state index in [4.69, 9.17) is 5.73 Å². The van der Waals surface area contributed by atoms with Crippen LogP contribution in [0.25, 0.3) is 0 Å². The number of rotatable bonds is 3. The molecule has 0 spiro atoms. The van der Waals surface area contributed by atoms with Crippen molar-refractivity contribution < 1.29 is 0 Å². The molecule has 0 radical (unpaired) electrons. The van der Waals surface area contributed by atoms with Crippen LogP contribution in [0.2, 0.25) is 0 Å². The van der Waals surface area contributed by atoms with Gasteiger partial charge in [-0.05, 0) is 5.92 Å². The summed E-state index contributed by atoms with van der Waals surface area (Å²) in [5, 5.41) is 3.25. The Kier molecular flexibility index (Phi) is 9.09. The van der Waals surface area contributed by atoms with Crippen LogP contribution in [0.5, 0.6) is 0 Å². The summed E-state index contributed by atoms with van der Waals surface area (Å²) in [5.41, 5.74) is 6.46. The van der Waals surface area contributed by atoms with Gasteiger partial charge in [0.2, 0.25) is 0 Å². The summed E-state index contributed by atoms with van der Waals surface area (Å²) in [5.74, 6) is 0.687. The van der Waals surface area contributed by atoms with Crippen LogP contribution in [0.3, 0.4) is 0 Å². The minimum absolute atomic E-state index is 0. The molecule has 2 nitrogen and oxygen atoms in total. The van der Waals surface area contributed by atoms with E-state index < -0.39 is 0 Å². The average Bonchev–Trinajstić information content (AvgIpc) is 2.34. The maximum atomic E-state index is 5.44. The molecule has 13 heavy (non-hydrogen) atoms. The minimum Gasteiger partial charge on any atom is -0.325 e. The van der Waals surface area contributed by atoms with E-state index in [-0.39, 0.29) is 24.8 Å². The Morgan fingerprint density at radius 3 is 2.46 bits per heavy atom. The second-order valence-corrected chi connectivity index (χ2v) is 3.98. The van der Waals surface area contributed by atoms with Gasteiger partial charge in [-0.15, -0.1) is 36.2 Å². The molecule has 78 valence electrons. The summed E-state index contributed by atoms with van der Waals surface area (Å²) >= 11 is 1.71. The molecule has 0 aliphatic rings. The van der Waals surface area contributed by atoms with Crippen molar-refractivity contribution in [1.82, 2.24) is 4.98 Å². The average molecular weight is 243 g/mol. The molecular weight excluding hydrogens is 227 g/mol. The third-order valence-corrected chi connectivity index (χ3v) is 2.31. The molecule has 0 saturated heterocycles. The summed E-state index contributed by atoms with van der Waals surface area (Å²) in [6.45, 7) is 4.96. The second-order valence-electron chi connectivity index (χ2n) is 3.03. The fourth-order valence-corrected chi connectivity index (χ4v) is 1.91. The van der Waals surface area contributed by atoms with Gasteiger partial charge in [-0.2, -0.15) is 0 Å². The van der Waals surface area contributed by atoms with Gasteiger partial charge < -0.3 is 5.73 Å². The SMILES string of the molecule is CC(C)Cc1nc(CN)cs1.Cl.Cl. The zero-order valence-corrected chi connectivity index (χ0v) is 10.3. The van der Waals surface area contributed by atoms with E-state index in [9.17, 15) is 0 Å². The van der Waals surface area contributed by atoms with Crippen LogP contribution in [-0.2, 0) is 13.0 Å². The van der Waals surface area contributed by atoms with E-state index in [2.05, 4.69) is 18.8 Å². The van der Waals surface area contributed by atoms with Crippen molar-refractivity contribution in [3.63, 3.8) is 0 Å². The number of nitrogens with two attached hydrogens (primary N) is 1. The highest BCUT2D eigenvalue weighted by Gasteiger charge is 2.02. The Bertz CT molecular complexity index is 226. The van der Waals surface area contributed by atoms with Crippen LogP contribution >= 0.6 is 36.2 Å². The lowest BCUT2D eigenvalue weighted by Crippen LogP contribution is -1.98. The highest BCUT2D eigenvalue weighted by Crippen LogP contribution is 2.13. The van der Waals surface area contributed by atoms with E-state index in [1.807, 2.05) is 5.38 Å². The van der Waals surface area contributed by atoms with Gasteiger partial charge in [0.1, 0.15) is 0 Å². The summed E-state index contributed by atoms with van der Waals surface area (Å²) in [6, 6.07) is 0. The number of thiazole rings is 1. The van der Waals surface area contributed by atoms with Crippen LogP contribution in [0, 0.1) is 5.92 Å². The Balaban J connectivity index is 0. The summed E-state index contributed by atoms with van der Waals surface area (Å²) in [6.07, 6.45) is 1.07. The van der Waals surface area contributed by atoms with Crippen molar-refractivity contribution in [2.24, 2.45) is 11.7 Å². The Hall–Kier alpha value is 0.170. The van der Waals surface area contributed by atoms with Crippen molar-refractivity contribution in [2.45, 2.75) is 26.8 Å². The molecule has 1 heterocycles. The molecule has 0 amide bonds. The Morgan fingerprint density at radius 2 is 2.08 bits per heavy atom. The van der Waals surface area contributed by atoms with Gasteiger partial charge in [-0.1, -0.05) is 13.8 Å². The number of aromatic nitrogens is 1. The van der Waals surface area contributed by atoms with Gasteiger partial charge in [0.25, 0.3) is 0 Å². The van der Waals surface area contributed by atoms with E-state index in [1.165, 1.54) is 5.01 Å². The first kappa shape index (κ1) is 15.6.